The number of hydrogen-bond donors (Lipinski definition) is 0. The number of ketones is 1. The van der Waals surface area contributed by atoms with E-state index in [-0.39, 0.29) is 31.1 Å². The summed E-state index contributed by atoms with van der Waals surface area (Å²) in [6.07, 6.45) is 4.33. The van der Waals surface area contributed by atoms with Gasteiger partial charge in [-0.3, -0.25) is 4.79 Å². The van der Waals surface area contributed by atoms with E-state index in [0.717, 1.165) is 22.4 Å². The molecule has 1 saturated carbocycles. The van der Waals surface area contributed by atoms with Crippen LogP contribution in [0, 0.1) is 0 Å². The number of pyridine rings is 1. The highest BCUT2D eigenvalue weighted by molar-refractivity contribution is 6.15. The Bertz CT molecular complexity index is 1210. The van der Waals surface area contributed by atoms with Gasteiger partial charge in [0.15, 0.2) is 11.6 Å². The number of hydrogen-bond acceptors (Lipinski definition) is 5. The van der Waals surface area contributed by atoms with Crippen molar-refractivity contribution in [3.8, 4) is 17.0 Å². The van der Waals surface area contributed by atoms with Crippen LogP contribution in [-0.4, -0.2) is 39.3 Å². The molecule has 3 heterocycles. The predicted octanol–water partition coefficient (Wildman–Crippen LogP) is 5.61. The van der Waals surface area contributed by atoms with Crippen molar-refractivity contribution in [3.05, 3.63) is 59.9 Å². The van der Waals surface area contributed by atoms with Crippen molar-refractivity contribution in [1.82, 2.24) is 14.8 Å². The van der Waals surface area contributed by atoms with E-state index in [1.807, 2.05) is 36.4 Å². The molecule has 0 saturated heterocycles. The Morgan fingerprint density at radius 1 is 1.09 bits per heavy atom. The Hall–Kier alpha value is -3.42. The molecule has 5 rings (SSSR count). The van der Waals surface area contributed by atoms with Crippen LogP contribution in [0.4, 0.5) is 14.6 Å². The van der Waals surface area contributed by atoms with Crippen molar-refractivity contribution < 1.29 is 18.3 Å². The van der Waals surface area contributed by atoms with Gasteiger partial charge < -0.3 is 4.74 Å². The molecule has 0 bridgehead atoms. The molecule has 170 valence electrons. The van der Waals surface area contributed by atoms with Crippen molar-refractivity contribution in [1.29, 1.82) is 0 Å². The molecule has 2 aliphatic rings. The van der Waals surface area contributed by atoms with E-state index in [1.54, 1.807) is 18.0 Å². The highest BCUT2D eigenvalue weighted by atomic mass is 19.3. The van der Waals surface area contributed by atoms with Crippen LogP contribution >= 0.6 is 0 Å². The van der Waals surface area contributed by atoms with Gasteiger partial charge in [-0.05, 0) is 30.0 Å². The van der Waals surface area contributed by atoms with Crippen LogP contribution in [0.3, 0.4) is 0 Å². The van der Waals surface area contributed by atoms with E-state index in [9.17, 15) is 13.6 Å². The minimum absolute atomic E-state index is 0.0361. The number of fused-ring (bicyclic) bond motifs is 1. The van der Waals surface area contributed by atoms with E-state index in [4.69, 9.17) is 9.73 Å². The molecule has 0 atom stereocenters. The number of halogens is 2. The third-order valence-electron chi connectivity index (χ3n) is 6.40. The second-order valence-electron chi connectivity index (χ2n) is 8.61. The number of Topliss-reactive ketones (excluding diaryl/α,β-unsaturated/α-hetero) is 1. The first-order valence-corrected chi connectivity index (χ1v) is 11.1. The second kappa shape index (κ2) is 8.50. The Kier molecular flexibility index (Phi) is 5.52. The summed E-state index contributed by atoms with van der Waals surface area (Å²) in [5, 5.41) is 4.37. The summed E-state index contributed by atoms with van der Waals surface area (Å²) in [6.45, 7) is 0. The molecular formula is C25H24F2N4O2. The van der Waals surface area contributed by atoms with Gasteiger partial charge in [-0.2, -0.15) is 5.10 Å². The average molecular weight is 450 g/mol. The number of methoxy groups -OCH3 is 1. The number of nitrogens with zero attached hydrogens (tertiary/aromatic N) is 4. The summed E-state index contributed by atoms with van der Waals surface area (Å²) >= 11 is 0. The molecule has 2 aromatic heterocycles. The van der Waals surface area contributed by atoms with Gasteiger partial charge in [0.2, 0.25) is 11.8 Å². The van der Waals surface area contributed by atoms with Crippen molar-refractivity contribution in [2.24, 2.45) is 4.99 Å². The van der Waals surface area contributed by atoms with Crippen LogP contribution < -0.4 is 4.74 Å². The van der Waals surface area contributed by atoms with E-state index in [2.05, 4.69) is 10.1 Å². The molecule has 0 amide bonds. The van der Waals surface area contributed by atoms with Crippen LogP contribution in [0.5, 0.6) is 5.88 Å². The first-order chi connectivity index (χ1) is 15.9. The summed E-state index contributed by atoms with van der Waals surface area (Å²) < 4.78 is 34.1. The lowest BCUT2D eigenvalue weighted by molar-refractivity contribution is -0.0448. The number of aliphatic imine (C=N–C) groups is 1. The lowest BCUT2D eigenvalue weighted by Gasteiger charge is -2.29. The van der Waals surface area contributed by atoms with Crippen LogP contribution in [0.15, 0.2) is 53.8 Å². The molecule has 1 aromatic carbocycles. The quantitative estimate of drug-likeness (QED) is 0.507. The topological polar surface area (TPSA) is 69.4 Å². The highest BCUT2D eigenvalue weighted by Gasteiger charge is 2.37. The normalized spacial score (nSPS) is 18.0. The molecule has 1 aliphatic carbocycles. The largest absolute Gasteiger partial charge is 0.481 e. The Balaban J connectivity index is 1.44. The van der Waals surface area contributed by atoms with Gasteiger partial charge in [0.25, 0.3) is 0 Å². The first-order valence-electron chi connectivity index (χ1n) is 11.1. The van der Waals surface area contributed by atoms with Crippen molar-refractivity contribution >= 4 is 17.3 Å². The van der Waals surface area contributed by atoms with E-state index in [1.165, 1.54) is 6.20 Å². The molecule has 0 unspecified atom stereocenters. The van der Waals surface area contributed by atoms with Crippen molar-refractivity contribution in [3.63, 3.8) is 0 Å². The number of benzene rings is 1. The van der Waals surface area contributed by atoms with Gasteiger partial charge >= 0.3 is 0 Å². The maximum absolute atomic E-state index is 13.6. The first kappa shape index (κ1) is 21.4. The van der Waals surface area contributed by atoms with Crippen LogP contribution in [0.2, 0.25) is 0 Å². The zero-order valence-corrected chi connectivity index (χ0v) is 18.3. The summed E-state index contributed by atoms with van der Waals surface area (Å²) in [4.78, 5) is 21.9. The third kappa shape index (κ3) is 4.29. The number of rotatable bonds is 5. The Morgan fingerprint density at radius 3 is 2.61 bits per heavy atom. The molecule has 8 heteroatoms. The van der Waals surface area contributed by atoms with Crippen LogP contribution in [-0.2, 0) is 6.42 Å². The summed E-state index contributed by atoms with van der Waals surface area (Å²) in [5.41, 5.74) is 4.20. The molecule has 0 radical (unpaired) electrons. The zero-order chi connectivity index (χ0) is 23.0. The lowest BCUT2D eigenvalue weighted by atomic mass is 9.92. The molecule has 0 N–H and O–H groups in total. The number of carbonyl (C=O) groups excluding carboxylic acids is 1. The second-order valence-corrected chi connectivity index (χ2v) is 8.61. The van der Waals surface area contributed by atoms with E-state index in [0.29, 0.717) is 36.5 Å². The SMILES string of the molecule is COc1ccc(-c2ccccc2CC2=Nc3c(cnn3C3CCC(F)(F)CC3)C(=O)C2)cn1. The fourth-order valence-corrected chi connectivity index (χ4v) is 4.61. The molecule has 33 heavy (non-hydrogen) atoms. The molecular weight excluding hydrogens is 426 g/mol. The van der Waals surface area contributed by atoms with Gasteiger partial charge in [-0.15, -0.1) is 0 Å². The summed E-state index contributed by atoms with van der Waals surface area (Å²) in [6, 6.07) is 11.5. The molecule has 3 aromatic rings. The van der Waals surface area contributed by atoms with Crippen molar-refractivity contribution in [2.75, 3.05) is 7.11 Å². The number of alkyl halides is 2. The lowest BCUT2D eigenvalue weighted by Crippen LogP contribution is -2.27. The fourth-order valence-electron chi connectivity index (χ4n) is 4.61. The molecule has 6 nitrogen and oxygen atoms in total. The molecule has 1 fully saturated rings. The van der Waals surface area contributed by atoms with Gasteiger partial charge in [0, 0.05) is 42.8 Å². The Morgan fingerprint density at radius 2 is 1.88 bits per heavy atom. The monoisotopic (exact) mass is 450 g/mol. The Labute approximate surface area is 190 Å². The predicted molar refractivity (Wildman–Crippen MR) is 121 cm³/mol. The minimum Gasteiger partial charge on any atom is -0.481 e. The summed E-state index contributed by atoms with van der Waals surface area (Å²) in [7, 11) is 1.58. The number of ether oxygens (including phenoxy) is 1. The third-order valence-corrected chi connectivity index (χ3v) is 6.40. The minimum atomic E-state index is -2.62. The molecule has 1 aliphatic heterocycles. The van der Waals surface area contributed by atoms with E-state index >= 15 is 0 Å². The van der Waals surface area contributed by atoms with Gasteiger partial charge in [0.05, 0.1) is 31.3 Å². The van der Waals surface area contributed by atoms with E-state index < -0.39 is 5.92 Å². The van der Waals surface area contributed by atoms with Crippen molar-refractivity contribution in [2.45, 2.75) is 50.5 Å². The highest BCUT2D eigenvalue weighted by Crippen LogP contribution is 2.41. The summed E-state index contributed by atoms with van der Waals surface area (Å²) in [5.74, 6) is -1.61. The van der Waals surface area contributed by atoms with Gasteiger partial charge in [-0.25, -0.2) is 23.4 Å². The zero-order valence-electron chi connectivity index (χ0n) is 18.3. The fraction of sp³-hybridized carbons (Fsp3) is 0.360. The van der Waals surface area contributed by atoms with Gasteiger partial charge in [0.1, 0.15) is 0 Å². The standard InChI is InChI=1S/C25H24F2N4O2/c1-33-23-7-6-17(14-28-23)20-5-3-2-4-16(20)12-18-13-22(32)21-15-29-31(24(21)30-18)19-8-10-25(26,27)11-9-19/h2-7,14-15,19H,8-13H2,1H3. The number of carbonyl (C=O) groups is 1. The maximum Gasteiger partial charge on any atom is 0.248 e. The van der Waals surface area contributed by atoms with Crippen LogP contribution in [0.1, 0.15) is 54.1 Å². The smallest absolute Gasteiger partial charge is 0.248 e. The van der Waals surface area contributed by atoms with Gasteiger partial charge in [-0.1, -0.05) is 24.3 Å². The molecule has 0 spiro atoms. The van der Waals surface area contributed by atoms with Crippen LogP contribution in [0.25, 0.3) is 11.1 Å². The maximum atomic E-state index is 13.6. The average Bonchev–Trinajstić information content (AvgIpc) is 3.24. The number of aromatic nitrogens is 3.